The van der Waals surface area contributed by atoms with E-state index in [1.54, 1.807) is 6.07 Å². The first kappa shape index (κ1) is 26.5. The highest BCUT2D eigenvalue weighted by Crippen LogP contribution is 2.38. The molecule has 41 heavy (non-hydrogen) atoms. The number of phenolic OH excluding ortho intramolecular Hbond substituents is 1. The molecule has 0 unspecified atom stereocenters. The van der Waals surface area contributed by atoms with Crippen LogP contribution in [0.15, 0.2) is 116 Å². The molecule has 0 saturated heterocycles. The average Bonchev–Trinajstić information content (AvgIpc) is 3.66. The van der Waals surface area contributed by atoms with E-state index in [0.29, 0.717) is 17.4 Å². The Hall–Kier alpha value is -4.77. The van der Waals surface area contributed by atoms with E-state index in [1.807, 2.05) is 24.3 Å². The molecule has 0 saturated carbocycles. The molecule has 0 amide bonds. The first-order valence-electron chi connectivity index (χ1n) is 14.3. The Morgan fingerprint density at radius 1 is 0.683 bits per heavy atom. The van der Waals surface area contributed by atoms with Gasteiger partial charge in [0.15, 0.2) is 0 Å². The largest absolute Gasteiger partial charge is 0.507 e. The molecule has 5 heteroatoms. The smallest absolute Gasteiger partial charge is 0.148 e. The van der Waals surface area contributed by atoms with Gasteiger partial charge in [-0.25, -0.2) is 4.98 Å². The van der Waals surface area contributed by atoms with Crippen molar-refractivity contribution in [1.82, 2.24) is 9.55 Å². The maximum atomic E-state index is 10.9. The Balaban J connectivity index is 1.45. The van der Waals surface area contributed by atoms with Gasteiger partial charge in [-0.2, -0.15) is 0 Å². The number of nitrogens with zero attached hydrogens (tertiary/aromatic N) is 4. The lowest BCUT2D eigenvalue weighted by Gasteiger charge is -2.22. The van der Waals surface area contributed by atoms with E-state index >= 15 is 0 Å². The van der Waals surface area contributed by atoms with Crippen LogP contribution in [0.2, 0.25) is 0 Å². The predicted molar refractivity (Wildman–Crippen MR) is 170 cm³/mol. The standard InChI is InChI=1S/C36H36N4O/c1-25(2)30-17-11-18-31(26(3)4)35(30)40-23-33(37-36(40)32-16-8-9-19-34(32)41)27-12-10-15-29(22-27)39-21-20-38(24-39)28-13-6-5-7-14-28/h5-23,25-26,41H,24H2,1-4H3. The van der Waals surface area contributed by atoms with Gasteiger partial charge in [-0.3, -0.25) is 4.57 Å². The molecule has 0 spiro atoms. The lowest BCUT2D eigenvalue weighted by Crippen LogP contribution is -2.24. The molecule has 0 radical (unpaired) electrons. The topological polar surface area (TPSA) is 44.5 Å². The molecule has 1 aliphatic heterocycles. The number of anilines is 2. The molecule has 0 aliphatic carbocycles. The molecule has 5 aromatic rings. The van der Waals surface area contributed by atoms with Crippen LogP contribution in [-0.2, 0) is 0 Å². The van der Waals surface area contributed by atoms with Gasteiger partial charge < -0.3 is 14.9 Å². The Labute approximate surface area is 242 Å². The summed E-state index contributed by atoms with van der Waals surface area (Å²) in [6, 6.07) is 33.0. The number of para-hydroxylation sites is 3. The van der Waals surface area contributed by atoms with Gasteiger partial charge in [0.25, 0.3) is 0 Å². The van der Waals surface area contributed by atoms with Gasteiger partial charge in [0, 0.05) is 35.5 Å². The van der Waals surface area contributed by atoms with Crippen LogP contribution in [0.25, 0.3) is 28.3 Å². The minimum atomic E-state index is 0.219. The van der Waals surface area contributed by atoms with Crippen LogP contribution in [-0.4, -0.2) is 21.3 Å². The van der Waals surface area contributed by atoms with E-state index in [1.165, 1.54) is 16.8 Å². The van der Waals surface area contributed by atoms with Gasteiger partial charge in [-0.1, -0.05) is 88.4 Å². The third-order valence-electron chi connectivity index (χ3n) is 7.73. The molecule has 6 rings (SSSR count). The number of aromatic nitrogens is 2. The van der Waals surface area contributed by atoms with Gasteiger partial charge in [0.05, 0.1) is 23.6 Å². The number of imidazole rings is 1. The van der Waals surface area contributed by atoms with E-state index in [2.05, 4.69) is 127 Å². The molecule has 0 fully saturated rings. The summed E-state index contributed by atoms with van der Waals surface area (Å²) in [6.07, 6.45) is 6.36. The SMILES string of the molecule is CC(C)c1cccc(C(C)C)c1-n1cc(-c2cccc(N3C=CN(c4ccccc4)C3)c2)nc1-c1ccccc1O. The Kier molecular flexibility index (Phi) is 7.10. The predicted octanol–water partition coefficient (Wildman–Crippen LogP) is 8.91. The quantitative estimate of drug-likeness (QED) is 0.224. The fraction of sp³-hybridized carbons (Fsp3) is 0.194. The molecule has 1 N–H and O–H groups in total. The summed E-state index contributed by atoms with van der Waals surface area (Å²) in [5.41, 5.74) is 8.52. The van der Waals surface area contributed by atoms with Crippen molar-refractivity contribution >= 4 is 11.4 Å². The van der Waals surface area contributed by atoms with Crippen molar-refractivity contribution in [3.8, 4) is 34.1 Å². The fourth-order valence-electron chi connectivity index (χ4n) is 5.55. The van der Waals surface area contributed by atoms with Crippen LogP contribution in [0.3, 0.4) is 0 Å². The minimum absolute atomic E-state index is 0.219. The van der Waals surface area contributed by atoms with Crippen LogP contribution >= 0.6 is 0 Å². The Morgan fingerprint density at radius 3 is 1.98 bits per heavy atom. The molecule has 0 bridgehead atoms. The summed E-state index contributed by atoms with van der Waals surface area (Å²) in [4.78, 5) is 9.64. The zero-order chi connectivity index (χ0) is 28.5. The third kappa shape index (κ3) is 5.11. The van der Waals surface area contributed by atoms with E-state index < -0.39 is 0 Å². The molecular weight excluding hydrogens is 504 g/mol. The van der Waals surface area contributed by atoms with Gasteiger partial charge in [0.2, 0.25) is 0 Å². The first-order valence-corrected chi connectivity index (χ1v) is 14.3. The van der Waals surface area contributed by atoms with Crippen LogP contribution in [0, 0.1) is 0 Å². The summed E-state index contributed by atoms with van der Waals surface area (Å²) < 4.78 is 2.19. The lowest BCUT2D eigenvalue weighted by atomic mass is 9.92. The van der Waals surface area contributed by atoms with E-state index in [-0.39, 0.29) is 5.75 Å². The van der Waals surface area contributed by atoms with Crippen molar-refractivity contribution in [1.29, 1.82) is 0 Å². The highest BCUT2D eigenvalue weighted by Gasteiger charge is 2.23. The molecular formula is C36H36N4O. The Bertz CT molecular complexity index is 1670. The summed E-state index contributed by atoms with van der Waals surface area (Å²) in [7, 11) is 0. The van der Waals surface area contributed by atoms with E-state index in [9.17, 15) is 5.11 Å². The molecule has 1 aromatic heterocycles. The van der Waals surface area contributed by atoms with Crippen LogP contribution in [0.1, 0.15) is 50.7 Å². The summed E-state index contributed by atoms with van der Waals surface area (Å²) in [6.45, 7) is 9.65. The number of rotatable bonds is 7. The fourth-order valence-corrected chi connectivity index (χ4v) is 5.55. The monoisotopic (exact) mass is 540 g/mol. The number of hydrogen-bond acceptors (Lipinski definition) is 4. The van der Waals surface area contributed by atoms with Crippen molar-refractivity contribution in [2.24, 2.45) is 0 Å². The first-order chi connectivity index (χ1) is 19.9. The summed E-state index contributed by atoms with van der Waals surface area (Å²) in [5.74, 6) is 1.60. The molecule has 5 nitrogen and oxygen atoms in total. The van der Waals surface area contributed by atoms with Gasteiger partial charge in [-0.15, -0.1) is 0 Å². The maximum absolute atomic E-state index is 10.9. The normalized spacial score (nSPS) is 13.1. The molecule has 1 aliphatic rings. The molecule has 2 heterocycles. The Morgan fingerprint density at radius 2 is 1.29 bits per heavy atom. The maximum Gasteiger partial charge on any atom is 0.148 e. The van der Waals surface area contributed by atoms with Crippen molar-refractivity contribution in [2.75, 3.05) is 16.5 Å². The molecule has 0 atom stereocenters. The van der Waals surface area contributed by atoms with Gasteiger partial charge >= 0.3 is 0 Å². The zero-order valence-electron chi connectivity index (χ0n) is 24.1. The summed E-state index contributed by atoms with van der Waals surface area (Å²) in [5, 5.41) is 10.9. The van der Waals surface area contributed by atoms with Crippen molar-refractivity contribution < 1.29 is 5.11 Å². The highest BCUT2D eigenvalue weighted by molar-refractivity contribution is 5.74. The van der Waals surface area contributed by atoms with Crippen molar-refractivity contribution in [2.45, 2.75) is 39.5 Å². The number of phenols is 1. The second kappa shape index (κ2) is 11.0. The van der Waals surface area contributed by atoms with Crippen molar-refractivity contribution in [3.05, 3.63) is 127 Å². The number of aromatic hydroxyl groups is 1. The van der Waals surface area contributed by atoms with Crippen molar-refractivity contribution in [3.63, 3.8) is 0 Å². The number of benzene rings is 4. The highest BCUT2D eigenvalue weighted by atomic mass is 16.3. The summed E-state index contributed by atoms with van der Waals surface area (Å²) >= 11 is 0. The average molecular weight is 541 g/mol. The molecule has 206 valence electrons. The van der Waals surface area contributed by atoms with Crippen LogP contribution in [0.5, 0.6) is 5.75 Å². The van der Waals surface area contributed by atoms with Gasteiger partial charge in [0.1, 0.15) is 11.6 Å². The van der Waals surface area contributed by atoms with Crippen LogP contribution < -0.4 is 9.80 Å². The van der Waals surface area contributed by atoms with E-state index in [4.69, 9.17) is 4.98 Å². The minimum Gasteiger partial charge on any atom is -0.507 e. The second-order valence-electron chi connectivity index (χ2n) is 11.2. The zero-order valence-corrected chi connectivity index (χ0v) is 24.1. The van der Waals surface area contributed by atoms with Gasteiger partial charge in [-0.05, 0) is 59.4 Å². The second-order valence-corrected chi connectivity index (χ2v) is 11.2. The number of hydrogen-bond donors (Lipinski definition) is 1. The third-order valence-corrected chi connectivity index (χ3v) is 7.73. The molecule has 4 aromatic carbocycles. The van der Waals surface area contributed by atoms with Crippen LogP contribution in [0.4, 0.5) is 11.4 Å². The van der Waals surface area contributed by atoms with E-state index in [0.717, 1.165) is 35.1 Å². The lowest BCUT2D eigenvalue weighted by molar-refractivity contribution is 0.477.